The second kappa shape index (κ2) is 6.18. The molecule has 0 radical (unpaired) electrons. The van der Waals surface area contributed by atoms with Gasteiger partial charge in [-0.3, -0.25) is 4.79 Å². The number of methoxy groups -OCH3 is 1. The summed E-state index contributed by atoms with van der Waals surface area (Å²) in [5, 5.41) is 9.00. The number of ether oxygens (including phenoxy) is 1. The zero-order chi connectivity index (χ0) is 12.0. The third kappa shape index (κ3) is 3.95. The standard InChI is InChI=1S/C12H13ClO3/c1-16-11-7-6-9(8-10(11)13)4-2-3-5-12(14)15/h2,4,6-8H,3,5H2,1H3,(H,14,15). The Morgan fingerprint density at radius 2 is 2.31 bits per heavy atom. The molecule has 1 rings (SSSR count). The summed E-state index contributed by atoms with van der Waals surface area (Å²) in [6.07, 6.45) is 4.31. The maximum atomic E-state index is 10.3. The van der Waals surface area contributed by atoms with Crippen molar-refractivity contribution in [2.75, 3.05) is 7.11 Å². The summed E-state index contributed by atoms with van der Waals surface area (Å²) in [6, 6.07) is 5.42. The fraction of sp³-hybridized carbons (Fsp3) is 0.250. The first-order valence-corrected chi connectivity index (χ1v) is 5.23. The number of carboxylic acid groups (broad SMARTS) is 1. The van der Waals surface area contributed by atoms with E-state index in [1.54, 1.807) is 19.2 Å². The average Bonchev–Trinajstić information content (AvgIpc) is 2.24. The summed E-state index contributed by atoms with van der Waals surface area (Å²) >= 11 is 5.94. The predicted octanol–water partition coefficient (Wildman–Crippen LogP) is 3.23. The molecule has 0 saturated heterocycles. The second-order valence-electron chi connectivity index (χ2n) is 3.23. The largest absolute Gasteiger partial charge is 0.495 e. The van der Waals surface area contributed by atoms with Crippen LogP contribution in [0.3, 0.4) is 0 Å². The van der Waals surface area contributed by atoms with E-state index in [9.17, 15) is 4.79 Å². The highest BCUT2D eigenvalue weighted by atomic mass is 35.5. The van der Waals surface area contributed by atoms with E-state index < -0.39 is 5.97 Å². The molecule has 0 amide bonds. The summed E-state index contributed by atoms with van der Waals surface area (Å²) in [7, 11) is 1.56. The SMILES string of the molecule is COc1ccc(C=CCCC(=O)O)cc1Cl. The van der Waals surface area contributed by atoms with Gasteiger partial charge in [0.15, 0.2) is 0 Å². The lowest BCUT2D eigenvalue weighted by atomic mass is 10.2. The zero-order valence-corrected chi connectivity index (χ0v) is 9.70. The molecule has 0 heterocycles. The van der Waals surface area contributed by atoms with Crippen molar-refractivity contribution in [1.82, 2.24) is 0 Å². The Balaban J connectivity index is 2.61. The number of benzene rings is 1. The van der Waals surface area contributed by atoms with Gasteiger partial charge < -0.3 is 9.84 Å². The first-order chi connectivity index (χ1) is 7.63. The maximum Gasteiger partial charge on any atom is 0.303 e. The molecule has 3 nitrogen and oxygen atoms in total. The molecule has 0 spiro atoms. The third-order valence-electron chi connectivity index (χ3n) is 2.01. The van der Waals surface area contributed by atoms with E-state index in [0.29, 0.717) is 17.2 Å². The van der Waals surface area contributed by atoms with Gasteiger partial charge in [-0.25, -0.2) is 0 Å². The monoisotopic (exact) mass is 240 g/mol. The minimum absolute atomic E-state index is 0.139. The number of hydrogen-bond acceptors (Lipinski definition) is 2. The van der Waals surface area contributed by atoms with Gasteiger partial charge in [0.1, 0.15) is 5.75 Å². The number of halogens is 1. The van der Waals surface area contributed by atoms with Crippen LogP contribution in [0.5, 0.6) is 5.75 Å². The summed E-state index contributed by atoms with van der Waals surface area (Å²) in [5.74, 6) is -0.165. The van der Waals surface area contributed by atoms with E-state index in [2.05, 4.69) is 0 Å². The fourth-order valence-corrected chi connectivity index (χ4v) is 1.48. The average molecular weight is 241 g/mol. The van der Waals surface area contributed by atoms with Crippen LogP contribution in [0.1, 0.15) is 18.4 Å². The molecule has 1 aromatic rings. The number of aliphatic carboxylic acids is 1. The fourth-order valence-electron chi connectivity index (χ4n) is 1.21. The number of rotatable bonds is 5. The van der Waals surface area contributed by atoms with Crippen molar-refractivity contribution in [3.05, 3.63) is 34.9 Å². The van der Waals surface area contributed by atoms with Crippen molar-refractivity contribution < 1.29 is 14.6 Å². The molecule has 16 heavy (non-hydrogen) atoms. The van der Waals surface area contributed by atoms with Crippen LogP contribution in [-0.4, -0.2) is 18.2 Å². The normalized spacial score (nSPS) is 10.6. The van der Waals surface area contributed by atoms with Crippen LogP contribution in [0.25, 0.3) is 6.08 Å². The van der Waals surface area contributed by atoms with Gasteiger partial charge in [-0.05, 0) is 24.1 Å². The van der Waals surface area contributed by atoms with E-state index in [4.69, 9.17) is 21.4 Å². The molecule has 0 aliphatic carbocycles. The summed E-state index contributed by atoms with van der Waals surface area (Å²) in [5.41, 5.74) is 0.927. The van der Waals surface area contributed by atoms with Crippen LogP contribution >= 0.6 is 11.6 Å². The lowest BCUT2D eigenvalue weighted by Gasteiger charge is -2.02. The second-order valence-corrected chi connectivity index (χ2v) is 3.64. The van der Waals surface area contributed by atoms with E-state index >= 15 is 0 Å². The smallest absolute Gasteiger partial charge is 0.303 e. The van der Waals surface area contributed by atoms with Crippen molar-refractivity contribution in [3.8, 4) is 5.75 Å². The molecule has 0 fully saturated rings. The molecule has 0 saturated carbocycles. The molecule has 4 heteroatoms. The van der Waals surface area contributed by atoms with Gasteiger partial charge in [-0.15, -0.1) is 0 Å². The molecular weight excluding hydrogens is 228 g/mol. The van der Waals surface area contributed by atoms with Gasteiger partial charge in [0.05, 0.1) is 12.1 Å². The van der Waals surface area contributed by atoms with Gasteiger partial charge >= 0.3 is 5.97 Å². The van der Waals surface area contributed by atoms with Crippen molar-refractivity contribution in [2.45, 2.75) is 12.8 Å². The minimum Gasteiger partial charge on any atom is -0.495 e. The van der Waals surface area contributed by atoms with Crippen LogP contribution in [0.4, 0.5) is 0 Å². The van der Waals surface area contributed by atoms with Gasteiger partial charge in [-0.1, -0.05) is 29.8 Å². The number of hydrogen-bond donors (Lipinski definition) is 1. The summed E-state index contributed by atoms with van der Waals surface area (Å²) in [4.78, 5) is 10.3. The third-order valence-corrected chi connectivity index (χ3v) is 2.31. The van der Waals surface area contributed by atoms with E-state index in [0.717, 1.165) is 5.56 Å². The Morgan fingerprint density at radius 1 is 1.56 bits per heavy atom. The Bertz CT molecular complexity index is 399. The van der Waals surface area contributed by atoms with E-state index in [1.165, 1.54) is 0 Å². The molecule has 0 unspecified atom stereocenters. The lowest BCUT2D eigenvalue weighted by molar-refractivity contribution is -0.136. The van der Waals surface area contributed by atoms with Crippen LogP contribution < -0.4 is 4.74 Å². The summed E-state index contributed by atoms with van der Waals surface area (Å²) in [6.45, 7) is 0. The van der Waals surface area contributed by atoms with Gasteiger partial charge in [0, 0.05) is 6.42 Å². The molecule has 1 aromatic carbocycles. The van der Waals surface area contributed by atoms with Crippen molar-refractivity contribution in [2.24, 2.45) is 0 Å². The van der Waals surface area contributed by atoms with Crippen LogP contribution in [0.15, 0.2) is 24.3 Å². The number of allylic oxidation sites excluding steroid dienone is 1. The molecule has 0 aliphatic rings. The van der Waals surface area contributed by atoms with Crippen molar-refractivity contribution >= 4 is 23.6 Å². The predicted molar refractivity (Wildman–Crippen MR) is 63.9 cm³/mol. The highest BCUT2D eigenvalue weighted by Gasteiger charge is 1.99. The number of carbonyl (C=O) groups is 1. The molecule has 0 atom stereocenters. The minimum atomic E-state index is -0.794. The zero-order valence-electron chi connectivity index (χ0n) is 8.94. The van der Waals surface area contributed by atoms with Crippen LogP contribution in [0.2, 0.25) is 5.02 Å². The Kier molecular flexibility index (Phi) is 4.86. The molecular formula is C12H13ClO3. The van der Waals surface area contributed by atoms with Gasteiger partial charge in [-0.2, -0.15) is 0 Å². The summed E-state index contributed by atoms with van der Waals surface area (Å²) < 4.78 is 5.02. The molecule has 0 bridgehead atoms. The molecule has 1 N–H and O–H groups in total. The lowest BCUT2D eigenvalue weighted by Crippen LogP contribution is -1.91. The van der Waals surface area contributed by atoms with Gasteiger partial charge in [0.25, 0.3) is 0 Å². The Hall–Kier alpha value is -1.48. The maximum absolute atomic E-state index is 10.3. The van der Waals surface area contributed by atoms with Crippen LogP contribution in [-0.2, 0) is 4.79 Å². The molecule has 0 aliphatic heterocycles. The van der Waals surface area contributed by atoms with E-state index in [1.807, 2.05) is 18.2 Å². The first-order valence-electron chi connectivity index (χ1n) is 4.85. The first kappa shape index (κ1) is 12.6. The topological polar surface area (TPSA) is 46.5 Å². The highest BCUT2D eigenvalue weighted by molar-refractivity contribution is 6.32. The molecule has 0 aromatic heterocycles. The Morgan fingerprint density at radius 3 is 2.88 bits per heavy atom. The van der Waals surface area contributed by atoms with Crippen molar-refractivity contribution in [1.29, 1.82) is 0 Å². The van der Waals surface area contributed by atoms with E-state index in [-0.39, 0.29) is 6.42 Å². The van der Waals surface area contributed by atoms with Crippen LogP contribution in [0, 0.1) is 0 Å². The highest BCUT2D eigenvalue weighted by Crippen LogP contribution is 2.25. The number of carboxylic acids is 1. The quantitative estimate of drug-likeness (QED) is 0.860. The van der Waals surface area contributed by atoms with Gasteiger partial charge in [0.2, 0.25) is 0 Å². The molecule has 86 valence electrons. The Labute approximate surface area is 99.3 Å². The van der Waals surface area contributed by atoms with Crippen molar-refractivity contribution in [3.63, 3.8) is 0 Å².